The number of aliphatic hydroxyl groups is 6. The highest BCUT2D eigenvalue weighted by molar-refractivity contribution is 6.18. The molecule has 2 unspecified atom stereocenters. The fourth-order valence-corrected chi connectivity index (χ4v) is 2.80. The van der Waals surface area contributed by atoms with Gasteiger partial charge in [0.1, 0.15) is 0 Å². The molecule has 0 aliphatic carbocycles. The summed E-state index contributed by atoms with van der Waals surface area (Å²) in [5.41, 5.74) is -0.832. The van der Waals surface area contributed by atoms with Gasteiger partial charge in [0, 0.05) is 0 Å². The third kappa shape index (κ3) is 87.4. The maximum absolute atomic E-state index is 9.10. The minimum Gasteiger partial charge on any atom is -0.391 e. The summed E-state index contributed by atoms with van der Waals surface area (Å²) in [5, 5.41) is 54.4. The molecule has 61 heavy (non-hydrogen) atoms. The Bertz CT molecular complexity index is 696. The number of ether oxygens (including phenoxy) is 6. The third-order valence-corrected chi connectivity index (χ3v) is 7.14. The van der Waals surface area contributed by atoms with Gasteiger partial charge < -0.3 is 59.1 Å². The molecular formula is C48H109ClO12. The van der Waals surface area contributed by atoms with Crippen molar-refractivity contribution in [3.8, 4) is 0 Å². The van der Waals surface area contributed by atoms with Crippen LogP contribution in [0.15, 0.2) is 0 Å². The fourth-order valence-electron chi connectivity index (χ4n) is 2.71. The molecule has 0 saturated heterocycles. The summed E-state index contributed by atoms with van der Waals surface area (Å²) in [6.07, 6.45) is 1.73. The van der Waals surface area contributed by atoms with Crippen molar-refractivity contribution in [1.82, 2.24) is 0 Å². The van der Waals surface area contributed by atoms with E-state index in [1.165, 1.54) is 0 Å². The molecule has 0 radical (unpaired) electrons. The lowest BCUT2D eigenvalue weighted by molar-refractivity contribution is -0.0493. The first-order valence-electron chi connectivity index (χ1n) is 22.2. The molecule has 0 fully saturated rings. The fraction of sp³-hybridized carbons (Fsp3) is 1.00. The topological polar surface area (TPSA) is 177 Å². The van der Waals surface area contributed by atoms with Crippen LogP contribution < -0.4 is 0 Å². The van der Waals surface area contributed by atoms with Gasteiger partial charge in [-0.1, -0.05) is 42.0 Å². The van der Waals surface area contributed by atoms with Crippen molar-refractivity contribution in [1.29, 1.82) is 0 Å². The Hall–Kier alpha value is -0.190. The van der Waals surface area contributed by atoms with Crippen LogP contribution in [0.2, 0.25) is 0 Å². The summed E-state index contributed by atoms with van der Waals surface area (Å²) in [6, 6.07) is 0. The molecule has 0 aromatic carbocycles. The van der Waals surface area contributed by atoms with Crippen LogP contribution in [0, 0.1) is 0 Å². The number of aliphatic hydroxyl groups excluding tert-OH is 6. The number of rotatable bonds is 18. The number of halogens is 1. The van der Waals surface area contributed by atoms with E-state index in [0.29, 0.717) is 39.6 Å². The second kappa shape index (κ2) is 40.1. The minimum atomic E-state index is -0.541. The lowest BCUT2D eigenvalue weighted by atomic mass is 10.2. The largest absolute Gasteiger partial charge is 0.391 e. The van der Waals surface area contributed by atoms with Gasteiger partial charge in [0.15, 0.2) is 0 Å². The Balaban J connectivity index is -0.000000114. The summed E-state index contributed by atoms with van der Waals surface area (Å²) >= 11 is 5.35. The van der Waals surface area contributed by atoms with Gasteiger partial charge in [0.05, 0.1) is 116 Å². The maximum atomic E-state index is 9.10. The summed E-state index contributed by atoms with van der Waals surface area (Å²) in [7, 11) is 0. The molecule has 0 saturated carbocycles. The zero-order valence-electron chi connectivity index (χ0n) is 43.5. The molecule has 12 nitrogen and oxygen atoms in total. The van der Waals surface area contributed by atoms with E-state index in [0.717, 1.165) is 32.1 Å². The van der Waals surface area contributed by atoms with Crippen molar-refractivity contribution >= 4 is 11.6 Å². The van der Waals surface area contributed by atoms with Crippen molar-refractivity contribution < 1.29 is 59.1 Å². The minimum absolute atomic E-state index is 0. The third-order valence-electron chi connectivity index (χ3n) is 6.79. The van der Waals surface area contributed by atoms with Crippen LogP contribution >= 0.6 is 11.6 Å². The van der Waals surface area contributed by atoms with Gasteiger partial charge >= 0.3 is 0 Å². The normalized spacial score (nSPS) is 15.0. The van der Waals surface area contributed by atoms with Crippen LogP contribution in [0.3, 0.4) is 0 Å². The molecule has 0 amide bonds. The van der Waals surface area contributed by atoms with Crippen LogP contribution in [0.1, 0.15) is 199 Å². The molecule has 6 N–H and O–H groups in total. The van der Waals surface area contributed by atoms with Gasteiger partial charge in [-0.3, -0.25) is 0 Å². The second-order valence-electron chi connectivity index (χ2n) is 20.7. The van der Waals surface area contributed by atoms with Gasteiger partial charge in [-0.15, -0.1) is 11.6 Å². The zero-order chi connectivity index (χ0) is 49.2. The molecule has 0 aromatic rings. The lowest BCUT2D eigenvalue weighted by Crippen LogP contribution is -2.26. The van der Waals surface area contributed by atoms with E-state index in [4.69, 9.17) is 70.7 Å². The molecule has 0 aliphatic heterocycles. The second-order valence-corrected chi connectivity index (χ2v) is 21.0. The van der Waals surface area contributed by atoms with E-state index in [1.807, 2.05) is 159 Å². The van der Waals surface area contributed by atoms with Crippen molar-refractivity contribution in [3.63, 3.8) is 0 Å². The molecule has 6 atom stereocenters. The van der Waals surface area contributed by atoms with Gasteiger partial charge in [-0.25, -0.2) is 0 Å². The molecule has 0 rings (SSSR count). The Morgan fingerprint density at radius 3 is 0.492 bits per heavy atom. The first-order chi connectivity index (χ1) is 26.7. The molecule has 0 bridgehead atoms. The molecule has 13 heteroatoms. The van der Waals surface area contributed by atoms with Gasteiger partial charge in [-0.05, 0) is 157 Å². The van der Waals surface area contributed by atoms with Crippen molar-refractivity contribution in [3.05, 3.63) is 0 Å². The highest BCUT2D eigenvalue weighted by Gasteiger charge is 2.16. The smallest absolute Gasteiger partial charge is 0.0908 e. The summed E-state index contributed by atoms with van der Waals surface area (Å²) < 4.78 is 31.9. The molecular weight excluding hydrogens is 804 g/mol. The summed E-state index contributed by atoms with van der Waals surface area (Å²) in [5.74, 6) is 0.232. The van der Waals surface area contributed by atoms with Crippen LogP contribution in [0.5, 0.6) is 0 Å². The highest BCUT2D eigenvalue weighted by Crippen LogP contribution is 2.11. The van der Waals surface area contributed by atoms with E-state index in [1.54, 1.807) is 0 Å². The molecule has 0 heterocycles. The maximum Gasteiger partial charge on any atom is 0.0908 e. The van der Waals surface area contributed by atoms with Gasteiger partial charge in [0.25, 0.3) is 0 Å². The summed E-state index contributed by atoms with van der Waals surface area (Å²) in [6.45, 7) is 47.8. The molecule has 0 aliphatic rings. The quantitative estimate of drug-likeness (QED) is 0.0719. The van der Waals surface area contributed by atoms with E-state index in [-0.39, 0.29) is 77.4 Å². The first kappa shape index (κ1) is 75.1. The number of alkyl halides is 1. The Labute approximate surface area is 384 Å². The predicted molar refractivity (Wildman–Crippen MR) is 259 cm³/mol. The average Bonchev–Trinajstić information content (AvgIpc) is 3.11. The Morgan fingerprint density at radius 2 is 0.410 bits per heavy atom. The highest BCUT2D eigenvalue weighted by atomic mass is 35.5. The van der Waals surface area contributed by atoms with E-state index in [9.17, 15) is 0 Å². The van der Waals surface area contributed by atoms with Gasteiger partial charge in [-0.2, -0.15) is 0 Å². The monoisotopic (exact) mass is 913 g/mol. The van der Waals surface area contributed by atoms with Gasteiger partial charge in [0.2, 0.25) is 0 Å². The number of hydrogen-bond donors (Lipinski definition) is 6. The first-order valence-corrected chi connectivity index (χ1v) is 22.7. The molecule has 380 valence electrons. The van der Waals surface area contributed by atoms with Crippen LogP contribution in [-0.4, -0.2) is 146 Å². The standard InChI is InChI=1S/5C8H18O2.C7H15ClO2.CH4/c5*1-5-7(9)6-10-8(2,3)4;1-7(2,3)10-5-6(9)4-8;/h5*7,9H,5-6H2,1-4H3;6,9H,4-5H2,1-3H3;1H4/t3*7-;;;6-;/m110..0./s1. The van der Waals surface area contributed by atoms with Crippen molar-refractivity contribution in [2.45, 2.75) is 269 Å². The van der Waals surface area contributed by atoms with E-state index >= 15 is 0 Å². The number of hydrogen-bond acceptors (Lipinski definition) is 12. The lowest BCUT2D eigenvalue weighted by Gasteiger charge is -2.21. The molecule has 0 aromatic heterocycles. The zero-order valence-corrected chi connectivity index (χ0v) is 44.2. The van der Waals surface area contributed by atoms with Crippen molar-refractivity contribution in [2.24, 2.45) is 0 Å². The predicted octanol–water partition coefficient (Wildman–Crippen LogP) is 9.90. The summed E-state index contributed by atoms with van der Waals surface area (Å²) in [4.78, 5) is 0. The Kier molecular flexibility index (Phi) is 49.4. The molecule has 0 spiro atoms. The van der Waals surface area contributed by atoms with E-state index in [2.05, 4.69) is 0 Å². The van der Waals surface area contributed by atoms with Crippen LogP contribution in [-0.2, 0) is 28.4 Å². The SMILES string of the molecule is C.CC(C)(C)OC[C@@H](O)CCl.CCC(O)COC(C)(C)C.CCC(O)COC(C)(C)C.CC[C@@H](O)COC(C)(C)C.CC[C@@H](O)COC(C)(C)C.CC[C@H](O)COC(C)(C)C. The van der Waals surface area contributed by atoms with Crippen molar-refractivity contribution in [2.75, 3.05) is 45.5 Å². The van der Waals surface area contributed by atoms with Crippen LogP contribution in [0.4, 0.5) is 0 Å². The Morgan fingerprint density at radius 1 is 0.295 bits per heavy atom. The van der Waals surface area contributed by atoms with E-state index < -0.39 is 6.10 Å². The average molecular weight is 914 g/mol. The van der Waals surface area contributed by atoms with Crippen LogP contribution in [0.25, 0.3) is 0 Å².